The monoisotopic (exact) mass is 293 g/mol. The maximum atomic E-state index is 11.8. The molecule has 1 aromatic heterocycles. The summed E-state index contributed by atoms with van der Waals surface area (Å²) in [5, 5.41) is 22.9. The molecule has 0 aliphatic carbocycles. The Kier molecular flexibility index (Phi) is 3.71. The van der Waals surface area contributed by atoms with Gasteiger partial charge < -0.3 is 10.4 Å². The van der Waals surface area contributed by atoms with Crippen LogP contribution < -0.4 is 5.32 Å². The van der Waals surface area contributed by atoms with E-state index in [1.165, 1.54) is 29.6 Å². The predicted molar refractivity (Wildman–Crippen MR) is 70.1 cm³/mol. The summed E-state index contributed by atoms with van der Waals surface area (Å²) in [7, 11) is 0. The summed E-state index contributed by atoms with van der Waals surface area (Å²) in [6, 6.07) is 5.25. The van der Waals surface area contributed by atoms with Crippen molar-refractivity contribution in [1.82, 2.24) is 4.98 Å². The third-order valence-electron chi connectivity index (χ3n) is 2.25. The van der Waals surface area contributed by atoms with Crippen molar-refractivity contribution >= 4 is 34.6 Å². The normalized spacial score (nSPS) is 10.0. The van der Waals surface area contributed by atoms with Crippen molar-refractivity contribution in [3.8, 4) is 0 Å². The van der Waals surface area contributed by atoms with Gasteiger partial charge in [0.25, 0.3) is 11.6 Å². The molecular formula is C11H7N3O5S. The number of hydrogen-bond acceptors (Lipinski definition) is 6. The summed E-state index contributed by atoms with van der Waals surface area (Å²) in [6.07, 6.45) is 0. The third kappa shape index (κ3) is 2.95. The maximum absolute atomic E-state index is 11.8. The smallest absolute Gasteiger partial charge is 0.355 e. The van der Waals surface area contributed by atoms with Gasteiger partial charge in [0.2, 0.25) is 0 Å². The van der Waals surface area contributed by atoms with Crippen LogP contribution in [0.2, 0.25) is 0 Å². The van der Waals surface area contributed by atoms with Crippen molar-refractivity contribution in [1.29, 1.82) is 0 Å². The van der Waals surface area contributed by atoms with E-state index >= 15 is 0 Å². The number of anilines is 1. The Morgan fingerprint density at radius 3 is 2.45 bits per heavy atom. The van der Waals surface area contributed by atoms with Gasteiger partial charge in [-0.05, 0) is 12.1 Å². The second kappa shape index (κ2) is 5.45. The van der Waals surface area contributed by atoms with Crippen LogP contribution in [0.5, 0.6) is 0 Å². The molecule has 2 rings (SSSR count). The number of nitro groups is 1. The molecule has 1 aromatic carbocycles. The molecule has 8 nitrogen and oxygen atoms in total. The number of nitrogens with zero attached hydrogens (tertiary/aromatic N) is 2. The molecule has 1 heterocycles. The third-order valence-corrected chi connectivity index (χ3v) is 3.09. The van der Waals surface area contributed by atoms with Crippen LogP contribution in [0.3, 0.4) is 0 Å². The van der Waals surface area contributed by atoms with Crippen LogP contribution in [0, 0.1) is 10.1 Å². The molecule has 0 aliphatic rings. The lowest BCUT2D eigenvalue weighted by Gasteiger charge is -2.01. The summed E-state index contributed by atoms with van der Waals surface area (Å²) in [6.45, 7) is 0. The Morgan fingerprint density at radius 2 is 1.95 bits per heavy atom. The Balaban J connectivity index is 2.10. The quantitative estimate of drug-likeness (QED) is 0.656. The maximum Gasteiger partial charge on any atom is 0.355 e. The van der Waals surface area contributed by atoms with Gasteiger partial charge in [-0.1, -0.05) is 0 Å². The fourth-order valence-corrected chi connectivity index (χ4v) is 2.01. The molecule has 2 aromatic rings. The molecule has 0 saturated carbocycles. The molecule has 1 amide bonds. The first-order valence-corrected chi connectivity index (χ1v) is 6.10. The number of nitrogens with one attached hydrogen (secondary N) is 1. The predicted octanol–water partition coefficient (Wildman–Crippen LogP) is 2.00. The van der Waals surface area contributed by atoms with Gasteiger partial charge in [0.15, 0.2) is 10.7 Å². The molecule has 9 heteroatoms. The average Bonchev–Trinajstić information content (AvgIpc) is 2.89. The summed E-state index contributed by atoms with van der Waals surface area (Å²) < 4.78 is 0. The first kappa shape index (κ1) is 13.6. The largest absolute Gasteiger partial charge is 0.476 e. The molecule has 0 bridgehead atoms. The molecule has 0 saturated heterocycles. The zero-order chi connectivity index (χ0) is 14.7. The summed E-state index contributed by atoms with van der Waals surface area (Å²) >= 11 is 0.901. The van der Waals surface area contributed by atoms with E-state index in [0.717, 1.165) is 11.3 Å². The van der Waals surface area contributed by atoms with Crippen LogP contribution >= 0.6 is 11.3 Å². The Bertz CT molecular complexity index is 680. The topological polar surface area (TPSA) is 122 Å². The summed E-state index contributed by atoms with van der Waals surface area (Å²) in [4.78, 5) is 36.0. The van der Waals surface area contributed by atoms with Crippen molar-refractivity contribution in [3.63, 3.8) is 0 Å². The lowest BCUT2D eigenvalue weighted by molar-refractivity contribution is -0.384. The highest BCUT2D eigenvalue weighted by Gasteiger charge is 2.15. The number of hydrogen-bond donors (Lipinski definition) is 2. The van der Waals surface area contributed by atoms with Gasteiger partial charge in [0.05, 0.1) is 4.92 Å². The van der Waals surface area contributed by atoms with Gasteiger partial charge >= 0.3 is 5.97 Å². The highest BCUT2D eigenvalue weighted by molar-refractivity contribution is 7.12. The molecule has 0 spiro atoms. The molecular weight excluding hydrogens is 286 g/mol. The van der Waals surface area contributed by atoms with Crippen molar-refractivity contribution in [3.05, 3.63) is 50.5 Å². The zero-order valence-electron chi connectivity index (χ0n) is 9.77. The van der Waals surface area contributed by atoms with Gasteiger partial charge in [0, 0.05) is 23.2 Å². The first-order chi connectivity index (χ1) is 9.47. The Hall–Kier alpha value is -2.81. The zero-order valence-corrected chi connectivity index (χ0v) is 10.6. The van der Waals surface area contributed by atoms with E-state index in [-0.39, 0.29) is 16.4 Å². The van der Waals surface area contributed by atoms with Crippen LogP contribution in [0.4, 0.5) is 11.4 Å². The molecule has 0 radical (unpaired) electrons. The van der Waals surface area contributed by atoms with E-state index in [1.54, 1.807) is 0 Å². The minimum absolute atomic E-state index is 0.000697. The molecule has 102 valence electrons. The number of non-ortho nitro benzene ring substituents is 1. The van der Waals surface area contributed by atoms with Crippen molar-refractivity contribution in [2.75, 3.05) is 5.32 Å². The van der Waals surface area contributed by atoms with Crippen molar-refractivity contribution < 1.29 is 19.6 Å². The fourth-order valence-electron chi connectivity index (χ4n) is 1.33. The average molecular weight is 293 g/mol. The Labute approximate surface area is 115 Å². The number of amides is 1. The number of carboxylic acid groups (broad SMARTS) is 1. The first-order valence-electron chi connectivity index (χ1n) is 5.22. The number of carboxylic acids is 1. The number of carbonyl (C=O) groups is 2. The number of thiazole rings is 1. The summed E-state index contributed by atoms with van der Waals surface area (Å²) in [5.41, 5.74) is 0.0573. The van der Waals surface area contributed by atoms with Crippen LogP contribution in [0.25, 0.3) is 0 Å². The van der Waals surface area contributed by atoms with Gasteiger partial charge in [-0.25, -0.2) is 9.78 Å². The van der Waals surface area contributed by atoms with Crippen molar-refractivity contribution in [2.24, 2.45) is 0 Å². The number of aromatic nitrogens is 1. The highest BCUT2D eigenvalue weighted by Crippen LogP contribution is 2.17. The van der Waals surface area contributed by atoms with Crippen LogP contribution in [-0.2, 0) is 0 Å². The number of aromatic carboxylic acids is 1. The second-order valence-corrected chi connectivity index (χ2v) is 4.46. The molecule has 0 atom stereocenters. The minimum Gasteiger partial charge on any atom is -0.476 e. The van der Waals surface area contributed by atoms with Crippen LogP contribution in [-0.4, -0.2) is 26.9 Å². The van der Waals surface area contributed by atoms with Crippen molar-refractivity contribution in [2.45, 2.75) is 0 Å². The van der Waals surface area contributed by atoms with Gasteiger partial charge in [-0.15, -0.1) is 11.3 Å². The van der Waals surface area contributed by atoms with Gasteiger partial charge in [-0.3, -0.25) is 14.9 Å². The molecule has 0 fully saturated rings. The lowest BCUT2D eigenvalue weighted by Crippen LogP contribution is -2.12. The molecule has 20 heavy (non-hydrogen) atoms. The lowest BCUT2D eigenvalue weighted by atomic mass is 10.3. The standard InChI is InChI=1S/C11H7N3O5S/c15-9(10-13-8(5-20-10)11(16)17)12-6-1-3-7(4-2-6)14(18)19/h1-5H,(H,12,15)(H,16,17). The Morgan fingerprint density at radius 1 is 1.30 bits per heavy atom. The van der Waals surface area contributed by atoms with E-state index in [4.69, 9.17) is 5.11 Å². The highest BCUT2D eigenvalue weighted by atomic mass is 32.1. The number of nitro benzene ring substituents is 1. The summed E-state index contributed by atoms with van der Waals surface area (Å²) in [5.74, 6) is -1.79. The number of carbonyl (C=O) groups excluding carboxylic acids is 1. The second-order valence-electron chi connectivity index (χ2n) is 3.60. The molecule has 0 aliphatic heterocycles. The number of rotatable bonds is 4. The van der Waals surface area contributed by atoms with E-state index in [9.17, 15) is 19.7 Å². The van der Waals surface area contributed by atoms with E-state index < -0.39 is 16.8 Å². The fraction of sp³-hybridized carbons (Fsp3) is 0. The molecule has 0 unspecified atom stereocenters. The van der Waals surface area contributed by atoms with E-state index in [1.807, 2.05) is 0 Å². The van der Waals surface area contributed by atoms with Gasteiger partial charge in [0.1, 0.15) is 0 Å². The minimum atomic E-state index is -1.21. The van der Waals surface area contributed by atoms with Gasteiger partial charge in [-0.2, -0.15) is 0 Å². The van der Waals surface area contributed by atoms with E-state index in [2.05, 4.69) is 10.3 Å². The SMILES string of the molecule is O=C(O)c1csc(C(=O)Nc2ccc([N+](=O)[O-])cc2)n1. The van der Waals surface area contributed by atoms with Crippen LogP contribution in [0.1, 0.15) is 20.3 Å². The number of benzene rings is 1. The van der Waals surface area contributed by atoms with Crippen LogP contribution in [0.15, 0.2) is 29.6 Å². The van der Waals surface area contributed by atoms with E-state index in [0.29, 0.717) is 5.69 Å². The molecule has 2 N–H and O–H groups in total.